The fourth-order valence-corrected chi connectivity index (χ4v) is 3.16. The molecule has 4 rings (SSSR count). The predicted octanol–water partition coefficient (Wildman–Crippen LogP) is 2.34. The minimum absolute atomic E-state index is 0.0238. The molecular weight excluding hydrogens is 332 g/mol. The number of ether oxygens (including phenoxy) is 2. The summed E-state index contributed by atoms with van der Waals surface area (Å²) >= 11 is 0. The number of hydrogen-bond donors (Lipinski definition) is 2. The molecule has 3 heterocycles. The smallest absolute Gasteiger partial charge is 0.340 e. The lowest BCUT2D eigenvalue weighted by Gasteiger charge is -2.25. The van der Waals surface area contributed by atoms with Crippen LogP contribution in [0.4, 0.5) is 0 Å². The SMILES string of the molecule is COC(=O)C1=C(N)Oc2n[nH]c(-c3ccccc3)c2[C@H]1c1cccnc1. The number of aromatic amines is 1. The fourth-order valence-electron chi connectivity index (χ4n) is 3.16. The molecule has 0 radical (unpaired) electrons. The standard InChI is InChI=1S/C19H16N4O3/c1-25-19(24)15-13(12-8-5-9-21-10-12)14-16(11-6-3-2-4-7-11)22-23-18(14)26-17(15)20/h2-10,13H,20H2,1H3,(H,22,23)/t13-/m1/s1. The van der Waals surface area contributed by atoms with E-state index in [1.165, 1.54) is 7.11 Å². The summed E-state index contributed by atoms with van der Waals surface area (Å²) in [5.41, 5.74) is 9.44. The molecule has 7 heteroatoms. The van der Waals surface area contributed by atoms with Gasteiger partial charge in [-0.1, -0.05) is 36.4 Å². The van der Waals surface area contributed by atoms with Gasteiger partial charge in [0.1, 0.15) is 5.57 Å². The third-order valence-corrected chi connectivity index (χ3v) is 4.30. The van der Waals surface area contributed by atoms with Gasteiger partial charge in [0, 0.05) is 12.4 Å². The number of esters is 1. The van der Waals surface area contributed by atoms with Crippen LogP contribution in [0, 0.1) is 0 Å². The summed E-state index contributed by atoms with van der Waals surface area (Å²) in [6.45, 7) is 0. The number of carbonyl (C=O) groups is 1. The maximum Gasteiger partial charge on any atom is 0.340 e. The number of aromatic nitrogens is 3. The highest BCUT2D eigenvalue weighted by Crippen LogP contribution is 2.45. The number of nitrogens with zero attached hydrogens (tertiary/aromatic N) is 2. The monoisotopic (exact) mass is 348 g/mol. The summed E-state index contributed by atoms with van der Waals surface area (Å²) in [4.78, 5) is 16.6. The molecule has 26 heavy (non-hydrogen) atoms. The Morgan fingerprint density at radius 2 is 2.04 bits per heavy atom. The van der Waals surface area contributed by atoms with E-state index in [1.807, 2.05) is 36.4 Å². The van der Waals surface area contributed by atoms with Crippen molar-refractivity contribution in [3.63, 3.8) is 0 Å². The van der Waals surface area contributed by atoms with Crippen LogP contribution < -0.4 is 10.5 Å². The molecule has 3 N–H and O–H groups in total. The van der Waals surface area contributed by atoms with Gasteiger partial charge < -0.3 is 15.2 Å². The molecule has 1 aliphatic rings. The number of H-pyrrole nitrogens is 1. The molecule has 0 saturated carbocycles. The van der Waals surface area contributed by atoms with Crippen LogP contribution in [0.25, 0.3) is 11.3 Å². The van der Waals surface area contributed by atoms with Crippen LogP contribution in [0.2, 0.25) is 0 Å². The number of benzene rings is 1. The first-order valence-electron chi connectivity index (χ1n) is 8.00. The van der Waals surface area contributed by atoms with E-state index in [2.05, 4.69) is 15.2 Å². The van der Waals surface area contributed by atoms with Crippen LogP contribution >= 0.6 is 0 Å². The molecular formula is C19H16N4O3. The van der Waals surface area contributed by atoms with Crippen LogP contribution in [0.15, 0.2) is 66.3 Å². The molecule has 1 aliphatic heterocycles. The summed E-state index contributed by atoms with van der Waals surface area (Å²) in [5, 5.41) is 7.25. The Morgan fingerprint density at radius 3 is 2.73 bits per heavy atom. The molecule has 0 saturated heterocycles. The van der Waals surface area contributed by atoms with Gasteiger partial charge in [-0.2, -0.15) is 0 Å². The van der Waals surface area contributed by atoms with Gasteiger partial charge in [-0.05, 0) is 17.2 Å². The number of fused-ring (bicyclic) bond motifs is 1. The topological polar surface area (TPSA) is 103 Å². The second-order valence-electron chi connectivity index (χ2n) is 5.77. The Bertz CT molecular complexity index is 981. The number of pyridine rings is 1. The van der Waals surface area contributed by atoms with Crippen LogP contribution in [-0.4, -0.2) is 28.3 Å². The van der Waals surface area contributed by atoms with Gasteiger partial charge in [-0.25, -0.2) is 4.79 Å². The molecule has 7 nitrogen and oxygen atoms in total. The number of methoxy groups -OCH3 is 1. The summed E-state index contributed by atoms with van der Waals surface area (Å²) in [6, 6.07) is 13.4. The van der Waals surface area contributed by atoms with Gasteiger partial charge in [-0.3, -0.25) is 10.1 Å². The second kappa shape index (κ2) is 6.36. The summed E-state index contributed by atoms with van der Waals surface area (Å²) in [5.74, 6) is -0.747. The summed E-state index contributed by atoms with van der Waals surface area (Å²) in [7, 11) is 1.31. The van der Waals surface area contributed by atoms with Crippen molar-refractivity contribution in [2.45, 2.75) is 5.92 Å². The van der Waals surface area contributed by atoms with Crippen molar-refractivity contribution >= 4 is 5.97 Å². The number of nitrogens with two attached hydrogens (primary N) is 1. The highest BCUT2D eigenvalue weighted by Gasteiger charge is 2.39. The molecule has 0 spiro atoms. The van der Waals surface area contributed by atoms with E-state index in [4.69, 9.17) is 15.2 Å². The molecule has 130 valence electrons. The van der Waals surface area contributed by atoms with Gasteiger partial charge in [0.2, 0.25) is 11.8 Å². The first kappa shape index (κ1) is 15.9. The second-order valence-corrected chi connectivity index (χ2v) is 5.77. The highest BCUT2D eigenvalue weighted by molar-refractivity contribution is 5.93. The number of carbonyl (C=O) groups excluding carboxylic acids is 1. The van der Waals surface area contributed by atoms with Gasteiger partial charge in [-0.15, -0.1) is 5.10 Å². The molecule has 0 amide bonds. The van der Waals surface area contributed by atoms with Gasteiger partial charge in [0.15, 0.2) is 0 Å². The van der Waals surface area contributed by atoms with Crippen LogP contribution in [-0.2, 0) is 9.53 Å². The van der Waals surface area contributed by atoms with Crippen molar-refractivity contribution in [3.8, 4) is 17.1 Å². The Kier molecular flexibility index (Phi) is 3.89. The first-order valence-corrected chi connectivity index (χ1v) is 8.00. The lowest BCUT2D eigenvalue weighted by atomic mass is 9.83. The fraction of sp³-hybridized carbons (Fsp3) is 0.105. The molecule has 1 atom stereocenters. The van der Waals surface area contributed by atoms with E-state index in [-0.39, 0.29) is 11.5 Å². The van der Waals surface area contributed by atoms with E-state index < -0.39 is 11.9 Å². The minimum Gasteiger partial charge on any atom is -0.465 e. The van der Waals surface area contributed by atoms with Crippen molar-refractivity contribution in [2.75, 3.05) is 7.11 Å². The molecule has 3 aromatic rings. The van der Waals surface area contributed by atoms with Gasteiger partial charge in [0.25, 0.3) is 0 Å². The average molecular weight is 348 g/mol. The Morgan fingerprint density at radius 1 is 1.23 bits per heavy atom. The van der Waals surface area contributed by atoms with Crippen molar-refractivity contribution < 1.29 is 14.3 Å². The van der Waals surface area contributed by atoms with Crippen molar-refractivity contribution in [3.05, 3.63) is 77.4 Å². The number of nitrogens with one attached hydrogen (secondary N) is 1. The Balaban J connectivity index is 1.96. The van der Waals surface area contributed by atoms with E-state index in [9.17, 15) is 4.79 Å². The van der Waals surface area contributed by atoms with E-state index in [0.717, 1.165) is 22.4 Å². The third-order valence-electron chi connectivity index (χ3n) is 4.30. The largest absolute Gasteiger partial charge is 0.465 e. The molecule has 0 bridgehead atoms. The minimum atomic E-state index is -0.554. The van der Waals surface area contributed by atoms with E-state index in [1.54, 1.807) is 18.5 Å². The maximum absolute atomic E-state index is 12.4. The predicted molar refractivity (Wildman–Crippen MR) is 94.0 cm³/mol. The summed E-state index contributed by atoms with van der Waals surface area (Å²) in [6.07, 6.45) is 3.36. The maximum atomic E-state index is 12.4. The Labute approximate surface area is 149 Å². The molecule has 1 aromatic carbocycles. The highest BCUT2D eigenvalue weighted by atomic mass is 16.5. The van der Waals surface area contributed by atoms with Gasteiger partial charge >= 0.3 is 5.97 Å². The Hall–Kier alpha value is -3.61. The molecule has 0 unspecified atom stereocenters. The third kappa shape index (κ3) is 2.50. The zero-order valence-corrected chi connectivity index (χ0v) is 14.0. The molecule has 0 aliphatic carbocycles. The first-order chi connectivity index (χ1) is 12.7. The summed E-state index contributed by atoms with van der Waals surface area (Å²) < 4.78 is 10.6. The van der Waals surface area contributed by atoms with Gasteiger partial charge in [0.05, 0.1) is 24.3 Å². The van der Waals surface area contributed by atoms with E-state index >= 15 is 0 Å². The quantitative estimate of drug-likeness (QED) is 0.704. The van der Waals surface area contributed by atoms with Crippen molar-refractivity contribution in [1.82, 2.24) is 15.2 Å². The zero-order valence-electron chi connectivity index (χ0n) is 14.0. The molecule has 2 aromatic heterocycles. The van der Waals surface area contributed by atoms with Crippen LogP contribution in [0.3, 0.4) is 0 Å². The van der Waals surface area contributed by atoms with Crippen molar-refractivity contribution in [2.24, 2.45) is 5.73 Å². The van der Waals surface area contributed by atoms with Crippen LogP contribution in [0.1, 0.15) is 17.0 Å². The number of hydrogen-bond acceptors (Lipinski definition) is 6. The normalized spacial score (nSPS) is 16.0. The lowest BCUT2D eigenvalue weighted by Crippen LogP contribution is -2.27. The van der Waals surface area contributed by atoms with E-state index in [0.29, 0.717) is 5.88 Å². The zero-order chi connectivity index (χ0) is 18.1. The number of rotatable bonds is 3. The van der Waals surface area contributed by atoms with Crippen LogP contribution in [0.5, 0.6) is 5.88 Å². The molecule has 0 fully saturated rings. The van der Waals surface area contributed by atoms with Crippen molar-refractivity contribution in [1.29, 1.82) is 0 Å². The lowest BCUT2D eigenvalue weighted by molar-refractivity contribution is -0.136. The average Bonchev–Trinajstić information content (AvgIpc) is 3.11.